The standard InChI is InChI=1S/C9H17NO/c1-2-8(10)9(11)6-5-7-3-4-7/h7-8H,2-6,10H2,1H3. The van der Waals surface area contributed by atoms with Crippen LogP contribution in [0.3, 0.4) is 0 Å². The van der Waals surface area contributed by atoms with Crippen LogP contribution in [-0.2, 0) is 4.79 Å². The van der Waals surface area contributed by atoms with Crippen molar-refractivity contribution in [3.63, 3.8) is 0 Å². The van der Waals surface area contributed by atoms with E-state index in [1.54, 1.807) is 0 Å². The number of hydrogen-bond acceptors (Lipinski definition) is 2. The Morgan fingerprint density at radius 3 is 2.73 bits per heavy atom. The Labute approximate surface area is 68.2 Å². The number of ketones is 1. The van der Waals surface area contributed by atoms with Gasteiger partial charge in [-0.05, 0) is 18.8 Å². The fourth-order valence-corrected chi connectivity index (χ4v) is 1.17. The molecule has 2 heteroatoms. The van der Waals surface area contributed by atoms with Gasteiger partial charge in [0, 0.05) is 6.42 Å². The second-order valence-corrected chi connectivity index (χ2v) is 3.46. The summed E-state index contributed by atoms with van der Waals surface area (Å²) >= 11 is 0. The summed E-state index contributed by atoms with van der Waals surface area (Å²) < 4.78 is 0. The Morgan fingerprint density at radius 1 is 1.64 bits per heavy atom. The zero-order valence-electron chi connectivity index (χ0n) is 7.18. The van der Waals surface area contributed by atoms with E-state index in [-0.39, 0.29) is 11.8 Å². The Bertz CT molecular complexity index is 140. The minimum atomic E-state index is -0.200. The number of Topliss-reactive ketones (excluding diaryl/α,β-unsaturated/α-hetero) is 1. The maximum Gasteiger partial charge on any atom is 0.149 e. The van der Waals surface area contributed by atoms with E-state index in [0.717, 1.165) is 18.8 Å². The molecule has 0 spiro atoms. The maximum absolute atomic E-state index is 11.2. The van der Waals surface area contributed by atoms with Crippen LogP contribution in [0.1, 0.15) is 39.0 Å². The molecule has 0 aromatic carbocycles. The second kappa shape index (κ2) is 3.86. The molecule has 2 N–H and O–H groups in total. The van der Waals surface area contributed by atoms with Crippen LogP contribution in [0.2, 0.25) is 0 Å². The first-order valence-electron chi connectivity index (χ1n) is 4.52. The molecule has 1 fully saturated rings. The molecule has 1 saturated carbocycles. The Kier molecular flexibility index (Phi) is 3.06. The summed E-state index contributed by atoms with van der Waals surface area (Å²) in [5, 5.41) is 0. The molecule has 0 saturated heterocycles. The normalized spacial score (nSPS) is 19.8. The van der Waals surface area contributed by atoms with Crippen molar-refractivity contribution < 1.29 is 4.79 Å². The van der Waals surface area contributed by atoms with Gasteiger partial charge in [-0.15, -0.1) is 0 Å². The average Bonchev–Trinajstić information content (AvgIpc) is 2.81. The maximum atomic E-state index is 11.2. The molecule has 0 heterocycles. The molecular weight excluding hydrogens is 138 g/mol. The van der Waals surface area contributed by atoms with Gasteiger partial charge in [0.15, 0.2) is 0 Å². The van der Waals surface area contributed by atoms with Gasteiger partial charge in [0.05, 0.1) is 6.04 Å². The molecule has 11 heavy (non-hydrogen) atoms. The van der Waals surface area contributed by atoms with Crippen LogP contribution in [0.5, 0.6) is 0 Å². The van der Waals surface area contributed by atoms with Crippen molar-refractivity contribution in [3.05, 3.63) is 0 Å². The molecule has 0 radical (unpaired) electrons. The van der Waals surface area contributed by atoms with Gasteiger partial charge in [-0.3, -0.25) is 4.79 Å². The monoisotopic (exact) mass is 155 g/mol. The van der Waals surface area contributed by atoms with Crippen molar-refractivity contribution in [1.82, 2.24) is 0 Å². The van der Waals surface area contributed by atoms with Crippen LogP contribution in [0.25, 0.3) is 0 Å². The lowest BCUT2D eigenvalue weighted by Crippen LogP contribution is -2.29. The van der Waals surface area contributed by atoms with E-state index >= 15 is 0 Å². The zero-order valence-corrected chi connectivity index (χ0v) is 7.18. The molecule has 1 aliphatic carbocycles. The van der Waals surface area contributed by atoms with Gasteiger partial charge >= 0.3 is 0 Å². The van der Waals surface area contributed by atoms with Gasteiger partial charge in [-0.1, -0.05) is 19.8 Å². The van der Waals surface area contributed by atoms with Crippen molar-refractivity contribution in [2.45, 2.75) is 45.1 Å². The first-order chi connectivity index (χ1) is 5.24. The summed E-state index contributed by atoms with van der Waals surface area (Å²) in [7, 11) is 0. The highest BCUT2D eigenvalue weighted by Crippen LogP contribution is 2.33. The van der Waals surface area contributed by atoms with E-state index in [1.165, 1.54) is 12.8 Å². The number of carbonyl (C=O) groups is 1. The Balaban J connectivity index is 2.08. The third-order valence-corrected chi connectivity index (χ3v) is 2.35. The van der Waals surface area contributed by atoms with Crippen LogP contribution in [-0.4, -0.2) is 11.8 Å². The van der Waals surface area contributed by atoms with E-state index in [1.807, 2.05) is 6.92 Å². The Hall–Kier alpha value is -0.370. The quantitative estimate of drug-likeness (QED) is 0.653. The third kappa shape index (κ3) is 3.02. The van der Waals surface area contributed by atoms with Gasteiger partial charge in [-0.2, -0.15) is 0 Å². The van der Waals surface area contributed by atoms with Crippen LogP contribution < -0.4 is 5.73 Å². The highest BCUT2D eigenvalue weighted by atomic mass is 16.1. The number of hydrogen-bond donors (Lipinski definition) is 1. The Morgan fingerprint density at radius 2 is 2.27 bits per heavy atom. The van der Waals surface area contributed by atoms with E-state index in [9.17, 15) is 4.79 Å². The van der Waals surface area contributed by atoms with E-state index in [0.29, 0.717) is 6.42 Å². The fourth-order valence-electron chi connectivity index (χ4n) is 1.17. The molecule has 0 aliphatic heterocycles. The highest BCUT2D eigenvalue weighted by molar-refractivity contribution is 5.83. The smallest absolute Gasteiger partial charge is 0.149 e. The van der Waals surface area contributed by atoms with Crippen molar-refractivity contribution in [3.8, 4) is 0 Å². The lowest BCUT2D eigenvalue weighted by atomic mass is 10.1. The fraction of sp³-hybridized carbons (Fsp3) is 0.889. The van der Waals surface area contributed by atoms with Crippen LogP contribution in [0, 0.1) is 5.92 Å². The predicted octanol–water partition coefficient (Wildman–Crippen LogP) is 1.48. The highest BCUT2D eigenvalue weighted by Gasteiger charge is 2.22. The lowest BCUT2D eigenvalue weighted by molar-refractivity contribution is -0.120. The second-order valence-electron chi connectivity index (χ2n) is 3.46. The minimum absolute atomic E-state index is 0.200. The van der Waals surface area contributed by atoms with Crippen molar-refractivity contribution in [2.24, 2.45) is 11.7 Å². The van der Waals surface area contributed by atoms with Gasteiger partial charge < -0.3 is 5.73 Å². The summed E-state index contributed by atoms with van der Waals surface area (Å²) in [5.74, 6) is 1.10. The first-order valence-corrected chi connectivity index (χ1v) is 4.52. The number of nitrogens with two attached hydrogens (primary N) is 1. The molecule has 64 valence electrons. The number of rotatable bonds is 5. The molecule has 0 aromatic rings. The third-order valence-electron chi connectivity index (χ3n) is 2.35. The molecule has 1 aliphatic rings. The van der Waals surface area contributed by atoms with Crippen LogP contribution >= 0.6 is 0 Å². The molecule has 0 amide bonds. The van der Waals surface area contributed by atoms with Gasteiger partial charge in [0.25, 0.3) is 0 Å². The molecular formula is C9H17NO. The molecule has 0 aromatic heterocycles. The minimum Gasteiger partial charge on any atom is -0.322 e. The molecule has 1 rings (SSSR count). The first kappa shape index (κ1) is 8.72. The summed E-state index contributed by atoms with van der Waals surface area (Å²) in [6, 6.07) is -0.200. The van der Waals surface area contributed by atoms with E-state index in [4.69, 9.17) is 5.73 Å². The molecule has 1 atom stereocenters. The van der Waals surface area contributed by atoms with Crippen molar-refractivity contribution in [1.29, 1.82) is 0 Å². The molecule has 2 nitrogen and oxygen atoms in total. The topological polar surface area (TPSA) is 43.1 Å². The van der Waals surface area contributed by atoms with Gasteiger partial charge in [-0.25, -0.2) is 0 Å². The zero-order chi connectivity index (χ0) is 8.27. The average molecular weight is 155 g/mol. The van der Waals surface area contributed by atoms with E-state index < -0.39 is 0 Å². The predicted molar refractivity (Wildman–Crippen MR) is 45.2 cm³/mol. The van der Waals surface area contributed by atoms with Crippen molar-refractivity contribution >= 4 is 5.78 Å². The van der Waals surface area contributed by atoms with Crippen LogP contribution in [0.4, 0.5) is 0 Å². The van der Waals surface area contributed by atoms with Gasteiger partial charge in [0.2, 0.25) is 0 Å². The molecule has 0 bridgehead atoms. The molecule has 1 unspecified atom stereocenters. The largest absolute Gasteiger partial charge is 0.322 e. The van der Waals surface area contributed by atoms with Crippen LogP contribution in [0.15, 0.2) is 0 Å². The number of carbonyl (C=O) groups excluding carboxylic acids is 1. The summed E-state index contributed by atoms with van der Waals surface area (Å²) in [6.07, 6.45) is 5.22. The van der Waals surface area contributed by atoms with Crippen molar-refractivity contribution in [2.75, 3.05) is 0 Å². The summed E-state index contributed by atoms with van der Waals surface area (Å²) in [5.41, 5.74) is 5.57. The SMILES string of the molecule is CCC(N)C(=O)CCC1CC1. The summed E-state index contributed by atoms with van der Waals surface area (Å²) in [6.45, 7) is 1.96. The van der Waals surface area contributed by atoms with E-state index in [2.05, 4.69) is 0 Å². The van der Waals surface area contributed by atoms with Gasteiger partial charge in [0.1, 0.15) is 5.78 Å². The summed E-state index contributed by atoms with van der Waals surface area (Å²) in [4.78, 5) is 11.2. The lowest BCUT2D eigenvalue weighted by Gasteiger charge is -2.05.